The van der Waals surface area contributed by atoms with Crippen LogP contribution in [0.2, 0.25) is 0 Å². The number of methoxy groups -OCH3 is 1. The third-order valence-corrected chi connectivity index (χ3v) is 2.68. The normalized spacial score (nSPS) is 10.0. The molecule has 110 valence electrons. The molecule has 1 aromatic carbocycles. The lowest BCUT2D eigenvalue weighted by atomic mass is 10.2. The van der Waals surface area contributed by atoms with Gasteiger partial charge in [0, 0.05) is 12.6 Å². The van der Waals surface area contributed by atoms with Crippen molar-refractivity contribution in [2.45, 2.75) is 6.92 Å². The minimum absolute atomic E-state index is 0.0249. The molecule has 0 saturated heterocycles. The van der Waals surface area contributed by atoms with Gasteiger partial charge in [0.05, 0.1) is 12.8 Å². The standard InChI is InChI=1S/C14H15FN4O2/c1-3-16-13-7-6-11(18-19-13)14(20)17-12-8-9(21-2)4-5-10(12)15/h4-8H,3H2,1-2H3,(H,16,19)(H,17,20). The molecule has 7 heteroatoms. The number of carbonyl (C=O) groups excluding carboxylic acids is 1. The zero-order valence-electron chi connectivity index (χ0n) is 11.7. The van der Waals surface area contributed by atoms with Gasteiger partial charge in [-0.3, -0.25) is 4.79 Å². The van der Waals surface area contributed by atoms with E-state index in [-0.39, 0.29) is 11.4 Å². The minimum Gasteiger partial charge on any atom is -0.497 e. The van der Waals surface area contributed by atoms with Crippen LogP contribution in [0.1, 0.15) is 17.4 Å². The average Bonchev–Trinajstić information content (AvgIpc) is 2.50. The first kappa shape index (κ1) is 14.7. The van der Waals surface area contributed by atoms with Crippen molar-refractivity contribution >= 4 is 17.4 Å². The van der Waals surface area contributed by atoms with Crippen molar-refractivity contribution in [1.82, 2.24) is 10.2 Å². The molecule has 2 aromatic rings. The summed E-state index contributed by atoms with van der Waals surface area (Å²) in [5.41, 5.74) is 0.121. The molecule has 2 N–H and O–H groups in total. The third kappa shape index (κ3) is 3.65. The highest BCUT2D eigenvalue weighted by Gasteiger charge is 2.12. The molecule has 1 aromatic heterocycles. The van der Waals surface area contributed by atoms with Crippen LogP contribution in [0.25, 0.3) is 0 Å². The summed E-state index contributed by atoms with van der Waals surface area (Å²) in [5.74, 6) is -0.0824. The lowest BCUT2D eigenvalue weighted by Crippen LogP contribution is -2.15. The highest BCUT2D eigenvalue weighted by molar-refractivity contribution is 6.02. The molecule has 0 fully saturated rings. The number of nitrogens with zero attached hydrogens (tertiary/aromatic N) is 2. The van der Waals surface area contributed by atoms with Gasteiger partial charge in [0.25, 0.3) is 5.91 Å². The summed E-state index contributed by atoms with van der Waals surface area (Å²) in [5, 5.41) is 13.0. The van der Waals surface area contributed by atoms with E-state index in [4.69, 9.17) is 4.74 Å². The fourth-order valence-corrected chi connectivity index (χ4v) is 1.64. The van der Waals surface area contributed by atoms with E-state index >= 15 is 0 Å². The van der Waals surface area contributed by atoms with Crippen LogP contribution in [0.4, 0.5) is 15.9 Å². The predicted molar refractivity (Wildman–Crippen MR) is 77.1 cm³/mol. The Morgan fingerprint density at radius 1 is 1.29 bits per heavy atom. The summed E-state index contributed by atoms with van der Waals surface area (Å²) >= 11 is 0. The molecule has 1 heterocycles. The maximum Gasteiger partial charge on any atom is 0.276 e. The van der Waals surface area contributed by atoms with Crippen LogP contribution in [0.5, 0.6) is 5.75 Å². The zero-order valence-corrected chi connectivity index (χ0v) is 11.7. The van der Waals surface area contributed by atoms with E-state index in [2.05, 4.69) is 20.8 Å². The molecule has 21 heavy (non-hydrogen) atoms. The number of anilines is 2. The molecule has 0 aliphatic rings. The Labute approximate surface area is 121 Å². The molecular weight excluding hydrogens is 275 g/mol. The van der Waals surface area contributed by atoms with Crippen LogP contribution < -0.4 is 15.4 Å². The Bertz CT molecular complexity index is 631. The van der Waals surface area contributed by atoms with Gasteiger partial charge in [0.15, 0.2) is 5.69 Å². The van der Waals surface area contributed by atoms with E-state index < -0.39 is 11.7 Å². The fraction of sp³-hybridized carbons (Fsp3) is 0.214. The number of hydrogen-bond donors (Lipinski definition) is 2. The lowest BCUT2D eigenvalue weighted by molar-refractivity contribution is 0.102. The van der Waals surface area contributed by atoms with E-state index in [0.29, 0.717) is 18.1 Å². The van der Waals surface area contributed by atoms with Crippen molar-refractivity contribution in [1.29, 1.82) is 0 Å². The van der Waals surface area contributed by atoms with E-state index in [1.165, 1.54) is 31.4 Å². The Morgan fingerprint density at radius 3 is 2.71 bits per heavy atom. The third-order valence-electron chi connectivity index (χ3n) is 2.68. The SMILES string of the molecule is CCNc1ccc(C(=O)Nc2cc(OC)ccc2F)nn1. The second-order valence-electron chi connectivity index (χ2n) is 4.13. The molecule has 0 aliphatic heterocycles. The molecule has 0 radical (unpaired) electrons. The number of halogens is 1. The molecule has 0 aliphatic carbocycles. The first-order chi connectivity index (χ1) is 10.1. The Hall–Kier alpha value is -2.70. The monoisotopic (exact) mass is 290 g/mol. The van der Waals surface area contributed by atoms with Gasteiger partial charge in [0.1, 0.15) is 17.4 Å². The maximum atomic E-state index is 13.6. The van der Waals surface area contributed by atoms with Crippen molar-refractivity contribution in [2.24, 2.45) is 0 Å². The smallest absolute Gasteiger partial charge is 0.276 e. The molecular formula is C14H15FN4O2. The molecule has 0 atom stereocenters. The van der Waals surface area contributed by atoms with Crippen molar-refractivity contribution in [3.05, 3.63) is 41.8 Å². The van der Waals surface area contributed by atoms with Gasteiger partial charge >= 0.3 is 0 Å². The van der Waals surface area contributed by atoms with Crippen LogP contribution in [-0.2, 0) is 0 Å². The maximum absolute atomic E-state index is 13.6. The summed E-state index contributed by atoms with van der Waals surface area (Å²) in [7, 11) is 1.46. The van der Waals surface area contributed by atoms with Crippen LogP contribution in [0.3, 0.4) is 0 Å². The highest BCUT2D eigenvalue weighted by atomic mass is 19.1. The topological polar surface area (TPSA) is 76.1 Å². The number of rotatable bonds is 5. The van der Waals surface area contributed by atoms with Crippen molar-refractivity contribution in [3.8, 4) is 5.75 Å². The van der Waals surface area contributed by atoms with Gasteiger partial charge in [-0.1, -0.05) is 0 Å². The van der Waals surface area contributed by atoms with Gasteiger partial charge < -0.3 is 15.4 Å². The lowest BCUT2D eigenvalue weighted by Gasteiger charge is -2.08. The predicted octanol–water partition coefficient (Wildman–Crippen LogP) is 2.31. The van der Waals surface area contributed by atoms with Gasteiger partial charge in [0.2, 0.25) is 0 Å². The van der Waals surface area contributed by atoms with Crippen molar-refractivity contribution < 1.29 is 13.9 Å². The molecule has 0 bridgehead atoms. The van der Waals surface area contributed by atoms with Crippen LogP contribution in [-0.4, -0.2) is 29.8 Å². The van der Waals surface area contributed by atoms with Crippen LogP contribution in [0.15, 0.2) is 30.3 Å². The summed E-state index contributed by atoms with van der Waals surface area (Å²) < 4.78 is 18.6. The number of carbonyl (C=O) groups is 1. The molecule has 6 nitrogen and oxygen atoms in total. The van der Waals surface area contributed by atoms with E-state index in [1.54, 1.807) is 6.07 Å². The van der Waals surface area contributed by atoms with E-state index in [1.807, 2.05) is 6.92 Å². The fourth-order valence-electron chi connectivity index (χ4n) is 1.64. The highest BCUT2D eigenvalue weighted by Crippen LogP contribution is 2.21. The number of aromatic nitrogens is 2. The first-order valence-electron chi connectivity index (χ1n) is 6.36. The molecule has 2 rings (SSSR count). The number of benzene rings is 1. The van der Waals surface area contributed by atoms with Gasteiger partial charge in [-0.2, -0.15) is 0 Å². The Kier molecular flexibility index (Phi) is 4.65. The summed E-state index contributed by atoms with van der Waals surface area (Å²) in [6, 6.07) is 7.23. The largest absolute Gasteiger partial charge is 0.497 e. The zero-order chi connectivity index (χ0) is 15.2. The number of nitrogens with one attached hydrogen (secondary N) is 2. The summed E-state index contributed by atoms with van der Waals surface area (Å²) in [6.45, 7) is 2.63. The summed E-state index contributed by atoms with van der Waals surface area (Å²) in [4.78, 5) is 12.0. The molecule has 0 saturated carbocycles. The molecule has 0 unspecified atom stereocenters. The quantitative estimate of drug-likeness (QED) is 0.883. The van der Waals surface area contributed by atoms with Crippen molar-refractivity contribution in [3.63, 3.8) is 0 Å². The number of amides is 1. The van der Waals surface area contributed by atoms with E-state index in [9.17, 15) is 9.18 Å². The van der Waals surface area contributed by atoms with Gasteiger partial charge in [-0.25, -0.2) is 4.39 Å². The van der Waals surface area contributed by atoms with Crippen LogP contribution in [0, 0.1) is 5.82 Å². The Morgan fingerprint density at radius 2 is 2.10 bits per heavy atom. The van der Waals surface area contributed by atoms with Gasteiger partial charge in [-0.05, 0) is 31.2 Å². The first-order valence-corrected chi connectivity index (χ1v) is 6.36. The number of hydrogen-bond acceptors (Lipinski definition) is 5. The Balaban J connectivity index is 2.14. The van der Waals surface area contributed by atoms with E-state index in [0.717, 1.165) is 0 Å². The van der Waals surface area contributed by atoms with Crippen LogP contribution >= 0.6 is 0 Å². The average molecular weight is 290 g/mol. The molecule has 1 amide bonds. The second kappa shape index (κ2) is 6.65. The van der Waals surface area contributed by atoms with Gasteiger partial charge in [-0.15, -0.1) is 10.2 Å². The van der Waals surface area contributed by atoms with Crippen molar-refractivity contribution in [2.75, 3.05) is 24.3 Å². The number of ether oxygens (including phenoxy) is 1. The minimum atomic E-state index is -0.554. The second-order valence-corrected chi connectivity index (χ2v) is 4.13. The molecule has 0 spiro atoms. The summed E-state index contributed by atoms with van der Waals surface area (Å²) in [6.07, 6.45) is 0.